The van der Waals surface area contributed by atoms with E-state index in [2.05, 4.69) is 19.0 Å². The summed E-state index contributed by atoms with van der Waals surface area (Å²) < 4.78 is 0. The third kappa shape index (κ3) is 3.39. The van der Waals surface area contributed by atoms with Gasteiger partial charge < -0.3 is 10.6 Å². The molecule has 0 radical (unpaired) electrons. The van der Waals surface area contributed by atoms with Crippen molar-refractivity contribution in [2.24, 2.45) is 0 Å². The number of anilines is 1. The summed E-state index contributed by atoms with van der Waals surface area (Å²) in [6.45, 7) is 4.50. The van der Waals surface area contributed by atoms with E-state index in [0.29, 0.717) is 5.82 Å². The molecule has 2 aromatic heterocycles. The topological polar surface area (TPSA) is 56.2 Å². The van der Waals surface area contributed by atoms with Gasteiger partial charge in [0.2, 0.25) is 0 Å². The van der Waals surface area contributed by atoms with Gasteiger partial charge in [-0.2, -0.15) is 0 Å². The second kappa shape index (κ2) is 7.15. The van der Waals surface area contributed by atoms with E-state index >= 15 is 0 Å². The number of fused-ring (bicyclic) bond motifs is 3. The SMILES string of the molecule is CCCCCCSc1nc(N)c2c3c(sc2n1)C[NH+](C)CC3. The molecule has 1 aliphatic rings. The predicted octanol–water partition coefficient (Wildman–Crippen LogP) is 2.52. The van der Waals surface area contributed by atoms with Crippen LogP contribution in [0.15, 0.2) is 5.16 Å². The van der Waals surface area contributed by atoms with Crippen LogP contribution >= 0.6 is 23.1 Å². The zero-order valence-corrected chi connectivity index (χ0v) is 15.1. The molecule has 0 saturated carbocycles. The number of likely N-dealkylation sites (N-methyl/N-ethyl adjacent to an activating group) is 1. The lowest BCUT2D eigenvalue weighted by Gasteiger charge is -2.19. The van der Waals surface area contributed by atoms with E-state index in [-0.39, 0.29) is 0 Å². The van der Waals surface area contributed by atoms with Gasteiger partial charge in [-0.3, -0.25) is 0 Å². The van der Waals surface area contributed by atoms with Gasteiger partial charge in [-0.25, -0.2) is 9.97 Å². The Bertz CT molecular complexity index is 653. The Hall–Kier alpha value is -0.850. The maximum Gasteiger partial charge on any atom is 0.190 e. The van der Waals surface area contributed by atoms with Crippen molar-refractivity contribution < 1.29 is 4.90 Å². The first-order chi connectivity index (χ1) is 10.7. The molecule has 0 spiro atoms. The van der Waals surface area contributed by atoms with Gasteiger partial charge in [0.15, 0.2) is 5.16 Å². The Morgan fingerprint density at radius 2 is 2.14 bits per heavy atom. The lowest BCUT2D eigenvalue weighted by molar-refractivity contribution is -0.895. The number of aromatic nitrogens is 2. The van der Waals surface area contributed by atoms with Crippen molar-refractivity contribution in [3.8, 4) is 0 Å². The maximum atomic E-state index is 6.25. The first kappa shape index (κ1) is 16.0. The number of hydrogen-bond acceptors (Lipinski definition) is 5. The first-order valence-electron chi connectivity index (χ1n) is 8.21. The molecular formula is C16H25N4S2+. The summed E-state index contributed by atoms with van der Waals surface area (Å²) in [7, 11) is 2.25. The van der Waals surface area contributed by atoms with Crippen molar-refractivity contribution in [2.75, 3.05) is 25.1 Å². The molecule has 1 atom stereocenters. The van der Waals surface area contributed by atoms with Gasteiger partial charge in [0, 0.05) is 12.2 Å². The molecule has 4 nitrogen and oxygen atoms in total. The van der Waals surface area contributed by atoms with E-state index in [0.717, 1.165) is 34.1 Å². The molecule has 1 aliphatic heterocycles. The summed E-state index contributed by atoms with van der Waals surface area (Å²) in [6, 6.07) is 0. The van der Waals surface area contributed by atoms with Crippen molar-refractivity contribution in [1.82, 2.24) is 9.97 Å². The van der Waals surface area contributed by atoms with Crippen LogP contribution in [0.4, 0.5) is 5.82 Å². The fourth-order valence-corrected chi connectivity index (χ4v) is 5.23. The average molecular weight is 338 g/mol. The number of thioether (sulfide) groups is 1. The van der Waals surface area contributed by atoms with E-state index in [1.165, 1.54) is 42.7 Å². The molecule has 3 rings (SSSR count). The largest absolute Gasteiger partial charge is 0.383 e. The molecule has 0 fully saturated rings. The predicted molar refractivity (Wildman–Crippen MR) is 95.9 cm³/mol. The standard InChI is InChI=1S/C16H24N4S2/c1-3-4-5-6-9-21-16-18-14(17)13-11-7-8-20(2)10-12(11)22-15(13)19-16/h3-10H2,1-2H3,(H2,17,18,19)/p+1. The Morgan fingerprint density at radius 1 is 1.27 bits per heavy atom. The Balaban J connectivity index is 1.77. The van der Waals surface area contributed by atoms with Gasteiger partial charge in [0.05, 0.1) is 23.9 Å². The van der Waals surface area contributed by atoms with Crippen LogP contribution in [0.25, 0.3) is 10.2 Å². The van der Waals surface area contributed by atoms with Gasteiger partial charge in [-0.05, 0) is 12.0 Å². The minimum absolute atomic E-state index is 0.679. The molecule has 0 saturated heterocycles. The Kier molecular flexibility index (Phi) is 5.21. The lowest BCUT2D eigenvalue weighted by atomic mass is 10.1. The number of nitrogens with one attached hydrogen (secondary N) is 1. The fourth-order valence-electron chi connectivity index (χ4n) is 2.98. The minimum Gasteiger partial charge on any atom is -0.383 e. The molecule has 0 aromatic carbocycles. The van der Waals surface area contributed by atoms with Crippen LogP contribution in [0.5, 0.6) is 0 Å². The Labute approximate surface area is 140 Å². The first-order valence-corrected chi connectivity index (χ1v) is 10.0. The molecule has 0 aliphatic carbocycles. The number of nitrogen functional groups attached to an aromatic ring is 1. The van der Waals surface area contributed by atoms with Crippen molar-refractivity contribution in [2.45, 2.75) is 50.7 Å². The van der Waals surface area contributed by atoms with Crippen LogP contribution in [0.1, 0.15) is 43.0 Å². The molecule has 0 bridgehead atoms. The fraction of sp³-hybridized carbons (Fsp3) is 0.625. The van der Waals surface area contributed by atoms with Crippen molar-refractivity contribution >= 4 is 39.1 Å². The number of thiophene rings is 1. The van der Waals surface area contributed by atoms with E-state index in [9.17, 15) is 0 Å². The van der Waals surface area contributed by atoms with Crippen LogP contribution in [-0.4, -0.2) is 29.3 Å². The van der Waals surface area contributed by atoms with Crippen LogP contribution < -0.4 is 10.6 Å². The number of unbranched alkanes of at least 4 members (excludes halogenated alkanes) is 3. The van der Waals surface area contributed by atoms with Gasteiger partial charge in [0.1, 0.15) is 17.2 Å². The lowest BCUT2D eigenvalue weighted by Crippen LogP contribution is -3.08. The monoisotopic (exact) mass is 337 g/mol. The number of rotatable bonds is 6. The molecule has 120 valence electrons. The summed E-state index contributed by atoms with van der Waals surface area (Å²) in [5.74, 6) is 1.77. The second-order valence-corrected chi connectivity index (χ2v) is 8.26. The van der Waals surface area contributed by atoms with Crippen molar-refractivity contribution in [3.05, 3.63) is 10.4 Å². The number of nitrogens with two attached hydrogens (primary N) is 1. The van der Waals surface area contributed by atoms with Gasteiger partial charge in [0.25, 0.3) is 0 Å². The maximum absolute atomic E-state index is 6.25. The van der Waals surface area contributed by atoms with Gasteiger partial charge in [-0.1, -0.05) is 37.9 Å². The molecule has 1 unspecified atom stereocenters. The molecular weight excluding hydrogens is 312 g/mol. The van der Waals surface area contributed by atoms with E-state index in [1.54, 1.807) is 16.7 Å². The second-order valence-electron chi connectivity index (χ2n) is 6.12. The molecule has 22 heavy (non-hydrogen) atoms. The van der Waals surface area contributed by atoms with E-state index in [1.807, 2.05) is 11.3 Å². The van der Waals surface area contributed by atoms with Crippen molar-refractivity contribution in [3.63, 3.8) is 0 Å². The Morgan fingerprint density at radius 3 is 2.95 bits per heavy atom. The number of nitrogens with zero attached hydrogens (tertiary/aromatic N) is 2. The normalized spacial score (nSPS) is 17.8. The number of hydrogen-bond donors (Lipinski definition) is 2. The summed E-state index contributed by atoms with van der Waals surface area (Å²) in [5.41, 5.74) is 7.65. The van der Waals surface area contributed by atoms with Crippen LogP contribution in [0.2, 0.25) is 0 Å². The highest BCUT2D eigenvalue weighted by molar-refractivity contribution is 7.99. The zero-order chi connectivity index (χ0) is 15.5. The van der Waals surface area contributed by atoms with Gasteiger partial charge >= 0.3 is 0 Å². The number of quaternary nitrogens is 1. The van der Waals surface area contributed by atoms with E-state index < -0.39 is 0 Å². The van der Waals surface area contributed by atoms with Crippen LogP contribution in [0.3, 0.4) is 0 Å². The third-order valence-electron chi connectivity index (χ3n) is 4.23. The summed E-state index contributed by atoms with van der Waals surface area (Å²) in [6.07, 6.45) is 6.21. The highest BCUT2D eigenvalue weighted by Gasteiger charge is 2.24. The van der Waals surface area contributed by atoms with Crippen molar-refractivity contribution in [1.29, 1.82) is 0 Å². The highest BCUT2D eigenvalue weighted by atomic mass is 32.2. The van der Waals surface area contributed by atoms with Crippen LogP contribution in [-0.2, 0) is 13.0 Å². The molecule has 6 heteroatoms. The molecule has 3 heterocycles. The zero-order valence-electron chi connectivity index (χ0n) is 13.4. The summed E-state index contributed by atoms with van der Waals surface area (Å²) in [5, 5.41) is 1.98. The molecule has 3 N–H and O–H groups in total. The summed E-state index contributed by atoms with van der Waals surface area (Å²) in [4.78, 5) is 13.4. The molecule has 0 amide bonds. The minimum atomic E-state index is 0.679. The molecule has 2 aromatic rings. The highest BCUT2D eigenvalue weighted by Crippen LogP contribution is 2.35. The smallest absolute Gasteiger partial charge is 0.190 e. The third-order valence-corrected chi connectivity index (χ3v) is 6.29. The van der Waals surface area contributed by atoms with Gasteiger partial charge in [-0.15, -0.1) is 11.3 Å². The average Bonchev–Trinajstić information content (AvgIpc) is 2.84. The van der Waals surface area contributed by atoms with E-state index in [4.69, 9.17) is 10.7 Å². The quantitative estimate of drug-likeness (QED) is 0.483. The summed E-state index contributed by atoms with van der Waals surface area (Å²) >= 11 is 3.56. The van der Waals surface area contributed by atoms with Crippen LogP contribution in [0, 0.1) is 0 Å².